The predicted molar refractivity (Wildman–Crippen MR) is 108 cm³/mol. The van der Waals surface area contributed by atoms with Crippen molar-refractivity contribution in [3.05, 3.63) is 54.1 Å². The minimum absolute atomic E-state index is 0.255. The number of fused-ring (bicyclic) bond motifs is 1. The summed E-state index contributed by atoms with van der Waals surface area (Å²) >= 11 is 1.42. The molecule has 6 nitrogen and oxygen atoms in total. The van der Waals surface area contributed by atoms with Gasteiger partial charge in [0.05, 0.1) is 31.9 Å². The van der Waals surface area contributed by atoms with Crippen LogP contribution in [0.15, 0.2) is 53.7 Å². The minimum Gasteiger partial charge on any atom is -0.497 e. The van der Waals surface area contributed by atoms with Crippen LogP contribution in [0, 0.1) is 0 Å². The number of hydrogen-bond acceptors (Lipinski definition) is 7. The van der Waals surface area contributed by atoms with E-state index in [0.29, 0.717) is 17.5 Å². The maximum Gasteiger partial charge on any atom is 0.190 e. The molecule has 0 bridgehead atoms. The van der Waals surface area contributed by atoms with Crippen molar-refractivity contribution < 1.29 is 14.6 Å². The fraction of sp³-hybridized carbons (Fsp3) is 0.300. The molecule has 0 aliphatic heterocycles. The molecule has 3 rings (SSSR count). The molecule has 0 unspecified atom stereocenters. The molecule has 0 saturated carbocycles. The first-order valence-corrected chi connectivity index (χ1v) is 9.64. The molecule has 0 aliphatic carbocycles. The van der Waals surface area contributed by atoms with Crippen LogP contribution in [0.1, 0.15) is 5.56 Å². The highest BCUT2D eigenvalue weighted by Crippen LogP contribution is 2.24. The first-order chi connectivity index (χ1) is 13.2. The van der Waals surface area contributed by atoms with Crippen molar-refractivity contribution in [2.75, 3.05) is 31.8 Å². The lowest BCUT2D eigenvalue weighted by Gasteiger charge is -2.12. The summed E-state index contributed by atoms with van der Waals surface area (Å²) in [6, 6.07) is 15.5. The molecule has 1 atom stereocenters. The largest absolute Gasteiger partial charge is 0.497 e. The maximum atomic E-state index is 10.2. The Balaban J connectivity index is 1.50. The van der Waals surface area contributed by atoms with E-state index in [1.165, 1.54) is 11.8 Å². The highest BCUT2D eigenvalue weighted by Gasteiger charge is 2.10. The number of aliphatic hydroxyl groups is 1. The maximum absolute atomic E-state index is 10.2. The molecule has 1 aromatic heterocycles. The van der Waals surface area contributed by atoms with E-state index in [0.717, 1.165) is 28.0 Å². The van der Waals surface area contributed by atoms with E-state index < -0.39 is 6.10 Å². The number of aliphatic hydroxyl groups excluding tert-OH is 1. The quantitative estimate of drug-likeness (QED) is 0.432. The minimum atomic E-state index is -0.596. The van der Waals surface area contributed by atoms with E-state index in [2.05, 4.69) is 15.3 Å². The second kappa shape index (κ2) is 9.55. The van der Waals surface area contributed by atoms with Crippen LogP contribution in [-0.2, 0) is 11.3 Å². The van der Waals surface area contributed by atoms with Crippen molar-refractivity contribution >= 4 is 28.5 Å². The Kier molecular flexibility index (Phi) is 6.86. The van der Waals surface area contributed by atoms with Gasteiger partial charge in [-0.1, -0.05) is 36.0 Å². The van der Waals surface area contributed by atoms with Crippen LogP contribution < -0.4 is 10.1 Å². The zero-order valence-electron chi connectivity index (χ0n) is 15.4. The Morgan fingerprint density at radius 1 is 1.11 bits per heavy atom. The molecule has 0 amide bonds. The number of thioether (sulfide) groups is 1. The normalized spacial score (nSPS) is 12.1. The SMILES string of the molecule is CNc1nc(SC[C@H](O)COCc2ccc(OC)cc2)nc2ccccc12. The summed E-state index contributed by atoms with van der Waals surface area (Å²) in [7, 11) is 3.48. The second-order valence-electron chi connectivity index (χ2n) is 5.95. The van der Waals surface area contributed by atoms with Crippen LogP contribution in [0.25, 0.3) is 10.9 Å². The molecule has 2 aromatic carbocycles. The van der Waals surface area contributed by atoms with Crippen molar-refractivity contribution in [1.82, 2.24) is 9.97 Å². The lowest BCUT2D eigenvalue weighted by molar-refractivity contribution is 0.0397. The molecule has 1 heterocycles. The molecule has 7 heteroatoms. The standard InChI is InChI=1S/C20H23N3O3S/c1-21-19-17-5-3-4-6-18(17)22-20(23-19)27-13-15(24)12-26-11-14-7-9-16(25-2)10-8-14/h3-10,15,24H,11-13H2,1-2H3,(H,21,22,23)/t15-/m1/s1. The van der Waals surface area contributed by atoms with Crippen molar-refractivity contribution in [2.45, 2.75) is 17.9 Å². The Hall–Kier alpha value is -2.35. The molecular formula is C20H23N3O3S. The van der Waals surface area contributed by atoms with Gasteiger partial charge in [0.15, 0.2) is 5.16 Å². The van der Waals surface area contributed by atoms with Gasteiger partial charge in [-0.05, 0) is 29.8 Å². The van der Waals surface area contributed by atoms with Crippen molar-refractivity contribution in [1.29, 1.82) is 0 Å². The molecule has 0 fully saturated rings. The Labute approximate surface area is 162 Å². The summed E-state index contributed by atoms with van der Waals surface area (Å²) in [6.45, 7) is 0.702. The third-order valence-electron chi connectivity index (χ3n) is 3.96. The molecule has 3 aromatic rings. The number of rotatable bonds is 9. The molecule has 2 N–H and O–H groups in total. The molecule has 0 aliphatic rings. The number of ether oxygens (including phenoxy) is 2. The van der Waals surface area contributed by atoms with Gasteiger partial charge in [-0.25, -0.2) is 9.97 Å². The molecule has 142 valence electrons. The molecular weight excluding hydrogens is 362 g/mol. The van der Waals surface area contributed by atoms with Crippen molar-refractivity contribution in [3.63, 3.8) is 0 Å². The topological polar surface area (TPSA) is 76.5 Å². The predicted octanol–water partition coefficient (Wildman–Crippen LogP) is 3.35. The third-order valence-corrected chi connectivity index (χ3v) is 4.95. The number of nitrogens with zero attached hydrogens (tertiary/aromatic N) is 2. The van der Waals surface area contributed by atoms with E-state index in [9.17, 15) is 5.11 Å². The number of anilines is 1. The van der Waals surface area contributed by atoms with Crippen LogP contribution in [0.5, 0.6) is 5.75 Å². The van der Waals surface area contributed by atoms with Crippen LogP contribution >= 0.6 is 11.8 Å². The fourth-order valence-electron chi connectivity index (χ4n) is 2.56. The van der Waals surface area contributed by atoms with Gasteiger partial charge in [0.2, 0.25) is 0 Å². The molecule has 0 spiro atoms. The Morgan fingerprint density at radius 3 is 2.63 bits per heavy atom. The smallest absolute Gasteiger partial charge is 0.190 e. The zero-order valence-corrected chi connectivity index (χ0v) is 16.2. The monoisotopic (exact) mass is 385 g/mol. The molecule has 0 radical (unpaired) electrons. The number of nitrogens with one attached hydrogen (secondary N) is 1. The summed E-state index contributed by atoms with van der Waals surface area (Å²) in [6.07, 6.45) is -0.596. The van der Waals surface area contributed by atoms with E-state index in [1.54, 1.807) is 7.11 Å². The second-order valence-corrected chi connectivity index (χ2v) is 6.94. The number of hydrogen-bond donors (Lipinski definition) is 2. The van der Waals surface area contributed by atoms with E-state index in [4.69, 9.17) is 9.47 Å². The highest BCUT2D eigenvalue weighted by atomic mass is 32.2. The van der Waals surface area contributed by atoms with E-state index in [-0.39, 0.29) is 6.61 Å². The Morgan fingerprint density at radius 2 is 1.89 bits per heavy atom. The van der Waals surface area contributed by atoms with Gasteiger partial charge in [0, 0.05) is 18.2 Å². The number of benzene rings is 2. The van der Waals surface area contributed by atoms with Gasteiger partial charge >= 0.3 is 0 Å². The van der Waals surface area contributed by atoms with Crippen LogP contribution in [0.4, 0.5) is 5.82 Å². The number of methoxy groups -OCH3 is 1. The summed E-state index contributed by atoms with van der Waals surface area (Å²) in [4.78, 5) is 9.06. The average Bonchev–Trinajstić information content (AvgIpc) is 2.72. The summed E-state index contributed by atoms with van der Waals surface area (Å²) in [5.74, 6) is 2.06. The average molecular weight is 385 g/mol. The first-order valence-electron chi connectivity index (χ1n) is 8.65. The van der Waals surface area contributed by atoms with Crippen LogP contribution in [-0.4, -0.2) is 47.7 Å². The van der Waals surface area contributed by atoms with Gasteiger partial charge in [-0.15, -0.1) is 0 Å². The van der Waals surface area contributed by atoms with Crippen molar-refractivity contribution in [3.8, 4) is 5.75 Å². The Bertz CT molecular complexity index is 874. The number of para-hydroxylation sites is 1. The van der Waals surface area contributed by atoms with Gasteiger partial charge in [-0.2, -0.15) is 0 Å². The third kappa shape index (κ3) is 5.32. The molecule has 0 saturated heterocycles. The van der Waals surface area contributed by atoms with E-state index >= 15 is 0 Å². The molecule has 27 heavy (non-hydrogen) atoms. The van der Waals surface area contributed by atoms with Crippen LogP contribution in [0.3, 0.4) is 0 Å². The van der Waals surface area contributed by atoms with Gasteiger partial charge in [-0.3, -0.25) is 0 Å². The fourth-order valence-corrected chi connectivity index (χ4v) is 3.32. The van der Waals surface area contributed by atoms with Gasteiger partial charge in [0.1, 0.15) is 11.6 Å². The zero-order chi connectivity index (χ0) is 19.1. The lowest BCUT2D eigenvalue weighted by atomic mass is 10.2. The first kappa shape index (κ1) is 19.4. The van der Waals surface area contributed by atoms with Gasteiger partial charge < -0.3 is 19.9 Å². The number of aromatic nitrogens is 2. The van der Waals surface area contributed by atoms with Crippen LogP contribution in [0.2, 0.25) is 0 Å². The highest BCUT2D eigenvalue weighted by molar-refractivity contribution is 7.99. The van der Waals surface area contributed by atoms with Crippen molar-refractivity contribution in [2.24, 2.45) is 0 Å². The summed E-state index contributed by atoms with van der Waals surface area (Å²) in [5, 5.41) is 14.9. The van der Waals surface area contributed by atoms with E-state index in [1.807, 2.05) is 55.6 Å². The van der Waals surface area contributed by atoms with Gasteiger partial charge in [0.25, 0.3) is 0 Å². The lowest BCUT2D eigenvalue weighted by Crippen LogP contribution is -2.18. The summed E-state index contributed by atoms with van der Waals surface area (Å²) < 4.78 is 10.7. The summed E-state index contributed by atoms with van der Waals surface area (Å²) in [5.41, 5.74) is 1.91.